The van der Waals surface area contributed by atoms with Crippen molar-refractivity contribution in [3.8, 4) is 0 Å². The van der Waals surface area contributed by atoms with E-state index in [-0.39, 0.29) is 18.5 Å². The molecule has 1 amide bonds. The molecule has 1 atom stereocenters. The Morgan fingerprint density at radius 2 is 1.79 bits per heavy atom. The third kappa shape index (κ3) is 5.49. The van der Waals surface area contributed by atoms with Crippen molar-refractivity contribution in [2.45, 2.75) is 40.2 Å². The van der Waals surface area contributed by atoms with Crippen LogP contribution in [0.1, 0.15) is 41.6 Å². The molecule has 28 heavy (non-hydrogen) atoms. The van der Waals surface area contributed by atoms with Crippen molar-refractivity contribution in [1.82, 2.24) is 5.32 Å². The molecule has 0 saturated carbocycles. The van der Waals surface area contributed by atoms with E-state index in [1.165, 1.54) is 0 Å². The van der Waals surface area contributed by atoms with E-state index in [0.717, 1.165) is 32.8 Å². The summed E-state index contributed by atoms with van der Waals surface area (Å²) in [6.45, 7) is 7.50. The normalized spacial score (nSPS) is 12.5. The maximum absolute atomic E-state index is 12.7. The quantitative estimate of drug-likeness (QED) is 0.723. The number of rotatable bonds is 7. The molecule has 2 aromatic carbocycles. The Morgan fingerprint density at radius 1 is 1.11 bits per heavy atom. The second-order valence-electron chi connectivity index (χ2n) is 7.09. The molecule has 0 heterocycles. The average molecular weight is 423 g/mol. The van der Waals surface area contributed by atoms with Gasteiger partial charge in [-0.3, -0.25) is 9.10 Å². The lowest BCUT2D eigenvalue weighted by molar-refractivity contribution is -0.120. The second-order valence-corrected chi connectivity index (χ2v) is 9.43. The monoisotopic (exact) mass is 422 g/mol. The van der Waals surface area contributed by atoms with Crippen LogP contribution in [0.5, 0.6) is 0 Å². The zero-order valence-corrected chi connectivity index (χ0v) is 18.5. The molecule has 7 heteroatoms. The fourth-order valence-corrected chi connectivity index (χ4v) is 4.29. The molecule has 152 valence electrons. The molecule has 2 rings (SSSR count). The van der Waals surface area contributed by atoms with E-state index >= 15 is 0 Å². The minimum absolute atomic E-state index is 0.185. The Morgan fingerprint density at radius 3 is 2.36 bits per heavy atom. The van der Waals surface area contributed by atoms with Gasteiger partial charge in [0, 0.05) is 5.02 Å². The van der Waals surface area contributed by atoms with Crippen molar-refractivity contribution in [3.05, 3.63) is 63.7 Å². The highest BCUT2D eigenvalue weighted by Gasteiger charge is 2.24. The summed E-state index contributed by atoms with van der Waals surface area (Å²) in [7, 11) is -3.66. The van der Waals surface area contributed by atoms with Crippen LogP contribution in [0.2, 0.25) is 5.02 Å². The van der Waals surface area contributed by atoms with Crippen molar-refractivity contribution in [2.75, 3.05) is 17.1 Å². The number of carbonyl (C=O) groups excluding carboxylic acids is 1. The number of aryl methyl sites for hydroxylation is 3. The topological polar surface area (TPSA) is 66.5 Å². The van der Waals surface area contributed by atoms with Crippen molar-refractivity contribution >= 4 is 33.2 Å². The van der Waals surface area contributed by atoms with Gasteiger partial charge in [-0.2, -0.15) is 0 Å². The lowest BCUT2D eigenvalue weighted by Crippen LogP contribution is -2.42. The average Bonchev–Trinajstić information content (AvgIpc) is 2.59. The summed E-state index contributed by atoms with van der Waals surface area (Å²) in [5.74, 6) is -0.364. The first-order chi connectivity index (χ1) is 13.0. The molecule has 0 aromatic heterocycles. The molecule has 0 bridgehead atoms. The fourth-order valence-electron chi connectivity index (χ4n) is 3.22. The number of hydrogen-bond donors (Lipinski definition) is 1. The number of halogens is 1. The van der Waals surface area contributed by atoms with Crippen LogP contribution >= 0.6 is 11.6 Å². The lowest BCUT2D eigenvalue weighted by Gasteiger charge is -2.26. The van der Waals surface area contributed by atoms with Gasteiger partial charge < -0.3 is 5.32 Å². The molecule has 0 saturated heterocycles. The van der Waals surface area contributed by atoms with Crippen LogP contribution in [0.3, 0.4) is 0 Å². The Kier molecular flexibility index (Phi) is 7.12. The zero-order chi connectivity index (χ0) is 21.1. The van der Waals surface area contributed by atoms with Gasteiger partial charge in [-0.25, -0.2) is 8.42 Å². The van der Waals surface area contributed by atoms with Crippen LogP contribution < -0.4 is 9.62 Å². The molecule has 0 aliphatic heterocycles. The van der Waals surface area contributed by atoms with E-state index in [4.69, 9.17) is 11.6 Å². The van der Waals surface area contributed by atoms with Crippen molar-refractivity contribution in [3.63, 3.8) is 0 Å². The molecule has 2 aromatic rings. The standard InChI is InChI=1S/C21H27ClN2O3S/c1-6-19(18-10-7-14(2)11-16(18)4)23-21(25)13-24(28(5,26)27)20-12-17(22)9-8-15(20)3/h7-12,19H,6,13H2,1-5H3,(H,23,25)/t19-/m0/s1. The largest absolute Gasteiger partial charge is 0.348 e. The highest BCUT2D eigenvalue weighted by Crippen LogP contribution is 2.27. The zero-order valence-electron chi connectivity index (χ0n) is 16.9. The van der Waals surface area contributed by atoms with E-state index in [1.807, 2.05) is 32.9 Å². The lowest BCUT2D eigenvalue weighted by atomic mass is 9.97. The van der Waals surface area contributed by atoms with Gasteiger partial charge in [0.15, 0.2) is 0 Å². The van der Waals surface area contributed by atoms with Gasteiger partial charge in [0.05, 0.1) is 18.0 Å². The summed E-state index contributed by atoms with van der Waals surface area (Å²) in [4.78, 5) is 12.7. The van der Waals surface area contributed by atoms with Crippen molar-refractivity contribution in [1.29, 1.82) is 0 Å². The van der Waals surface area contributed by atoms with Crippen molar-refractivity contribution in [2.24, 2.45) is 0 Å². The first-order valence-electron chi connectivity index (χ1n) is 9.13. The Bertz CT molecular complexity index is 974. The number of sulfonamides is 1. The number of amides is 1. The Labute approximate surface area is 172 Å². The first kappa shape index (κ1) is 22.2. The van der Waals surface area contributed by atoms with Gasteiger partial charge in [0.1, 0.15) is 6.54 Å². The predicted octanol–water partition coefficient (Wildman–Crippen LogP) is 4.30. The molecule has 0 fully saturated rings. The number of nitrogens with zero attached hydrogens (tertiary/aromatic N) is 1. The summed E-state index contributed by atoms with van der Waals surface area (Å²) in [5.41, 5.74) is 4.42. The van der Waals surface area contributed by atoms with E-state index in [9.17, 15) is 13.2 Å². The number of nitrogens with one attached hydrogen (secondary N) is 1. The minimum atomic E-state index is -3.66. The summed E-state index contributed by atoms with van der Waals surface area (Å²) < 4.78 is 25.8. The SMILES string of the molecule is CC[C@H](NC(=O)CN(c1cc(Cl)ccc1C)S(C)(=O)=O)c1ccc(C)cc1C. The molecule has 0 radical (unpaired) electrons. The number of anilines is 1. The van der Waals surface area contributed by atoms with Crippen LogP contribution in [0.25, 0.3) is 0 Å². The minimum Gasteiger partial charge on any atom is -0.348 e. The number of carbonyl (C=O) groups is 1. The molecule has 0 aliphatic carbocycles. The summed E-state index contributed by atoms with van der Waals surface area (Å²) >= 11 is 6.04. The van der Waals surface area contributed by atoms with Gasteiger partial charge in [-0.05, 0) is 56.0 Å². The van der Waals surface area contributed by atoms with Crippen LogP contribution in [0, 0.1) is 20.8 Å². The van der Waals surface area contributed by atoms with E-state index in [0.29, 0.717) is 17.1 Å². The fraction of sp³-hybridized carbons (Fsp3) is 0.381. The predicted molar refractivity (Wildman–Crippen MR) is 115 cm³/mol. The van der Waals surface area contributed by atoms with Gasteiger partial charge in [-0.15, -0.1) is 0 Å². The molecule has 0 unspecified atom stereocenters. The summed E-state index contributed by atoms with van der Waals surface area (Å²) in [6.07, 6.45) is 1.78. The first-order valence-corrected chi connectivity index (χ1v) is 11.4. The summed E-state index contributed by atoms with van der Waals surface area (Å²) in [5, 5.41) is 3.38. The van der Waals surface area contributed by atoms with Gasteiger partial charge in [-0.1, -0.05) is 48.4 Å². The van der Waals surface area contributed by atoms with Gasteiger partial charge >= 0.3 is 0 Å². The number of hydrogen-bond acceptors (Lipinski definition) is 3. The molecule has 5 nitrogen and oxygen atoms in total. The van der Waals surface area contributed by atoms with Crippen LogP contribution in [-0.4, -0.2) is 27.1 Å². The molecule has 0 aliphatic rings. The van der Waals surface area contributed by atoms with E-state index < -0.39 is 10.0 Å². The van der Waals surface area contributed by atoms with E-state index in [2.05, 4.69) is 11.4 Å². The summed E-state index contributed by atoms with van der Waals surface area (Å²) in [6, 6.07) is 10.9. The Hall–Kier alpha value is -2.05. The maximum atomic E-state index is 12.7. The van der Waals surface area contributed by atoms with E-state index in [1.54, 1.807) is 25.1 Å². The highest BCUT2D eigenvalue weighted by atomic mass is 35.5. The third-order valence-electron chi connectivity index (χ3n) is 4.67. The van der Waals surface area contributed by atoms with Crippen LogP contribution in [0.15, 0.2) is 36.4 Å². The van der Waals surface area contributed by atoms with Crippen molar-refractivity contribution < 1.29 is 13.2 Å². The molecule has 0 spiro atoms. The highest BCUT2D eigenvalue weighted by molar-refractivity contribution is 7.92. The van der Waals surface area contributed by atoms with Gasteiger partial charge in [0.2, 0.25) is 15.9 Å². The molecular formula is C21H27ClN2O3S. The third-order valence-corrected chi connectivity index (χ3v) is 6.03. The van der Waals surface area contributed by atoms with Crippen LogP contribution in [-0.2, 0) is 14.8 Å². The molecular weight excluding hydrogens is 396 g/mol. The molecule has 1 N–H and O–H groups in total. The maximum Gasteiger partial charge on any atom is 0.241 e. The van der Waals surface area contributed by atoms with Gasteiger partial charge in [0.25, 0.3) is 0 Å². The van der Waals surface area contributed by atoms with Crippen LogP contribution in [0.4, 0.5) is 5.69 Å². The smallest absolute Gasteiger partial charge is 0.241 e. The second kappa shape index (κ2) is 8.97. The Balaban J connectivity index is 2.27. The number of benzene rings is 2.